The van der Waals surface area contributed by atoms with Gasteiger partial charge < -0.3 is 55.0 Å². The second-order valence-electron chi connectivity index (χ2n) is 49.2. The molecule has 0 radical (unpaired) electrons. The number of nitriles is 4. The molecule has 1 aromatic carbocycles. The van der Waals surface area contributed by atoms with Crippen LogP contribution in [0.2, 0.25) is 10.3 Å². The third kappa shape index (κ3) is 47.2. The van der Waals surface area contributed by atoms with E-state index in [-0.39, 0.29) is 75.4 Å². The number of aromatic nitrogens is 17. The number of benzene rings is 1. The average molecular weight is 2110 g/mol. The maximum absolute atomic E-state index is 11.1. The molecule has 3 aliphatic heterocycles. The number of fused-ring (bicyclic) bond motifs is 1. The van der Waals surface area contributed by atoms with E-state index in [0.717, 1.165) is 121 Å². The molecule has 35 heteroatoms. The highest BCUT2D eigenvalue weighted by atomic mass is 35.5. The lowest BCUT2D eigenvalue weighted by atomic mass is 9.92. The number of nitrogens with two attached hydrogens (primary N) is 1. The zero-order valence-corrected chi connectivity index (χ0v) is 101. The smallest absolute Gasteiger partial charge is 0.266 e. The topological polar surface area (TPSA) is 485 Å². The predicted octanol–water partition coefficient (Wildman–Crippen LogP) is 27.8. The van der Waals surface area contributed by atoms with E-state index >= 15 is 0 Å². The van der Waals surface area contributed by atoms with Gasteiger partial charge in [0.15, 0.2) is 15.5 Å². The first-order chi connectivity index (χ1) is 66.6. The number of furan rings is 1. The number of carbonyl (C=O) groups is 1. The Hall–Kier alpha value is -11.6. The number of nitrogens with one attached hydrogen (secondary N) is 9. The molecule has 11 N–H and O–H groups in total. The summed E-state index contributed by atoms with van der Waals surface area (Å²) in [5.41, 5.74) is 18.4. The number of sulfone groups is 1. The van der Waals surface area contributed by atoms with Gasteiger partial charge in [0.2, 0.25) is 5.76 Å². The van der Waals surface area contributed by atoms with Gasteiger partial charge in [-0.05, 0) is 64.3 Å². The number of aromatic amines is 9. The monoisotopic (exact) mass is 2110 g/mol. The molecule has 13 heterocycles. The molecule has 0 spiro atoms. The van der Waals surface area contributed by atoms with Crippen molar-refractivity contribution in [1.29, 1.82) is 21.0 Å². The minimum atomic E-state index is -3.10. The highest BCUT2D eigenvalue weighted by molar-refractivity contribution is 8.13. The summed E-state index contributed by atoms with van der Waals surface area (Å²) in [5.74, 6) is 8.31. The van der Waals surface area contributed by atoms with Crippen molar-refractivity contribution in [2.75, 3.05) is 18.8 Å². The molecule has 0 saturated heterocycles. The molecule has 0 aliphatic carbocycles. The van der Waals surface area contributed by atoms with Crippen LogP contribution < -0.4 is 5.73 Å². The van der Waals surface area contributed by atoms with E-state index in [2.05, 4.69) is 317 Å². The molecule has 0 fully saturated rings. The molecule has 0 bridgehead atoms. The molecule has 1 atom stereocenters. The van der Waals surface area contributed by atoms with Crippen LogP contribution >= 0.6 is 35.0 Å². The number of rotatable bonds is 1. The van der Waals surface area contributed by atoms with Crippen molar-refractivity contribution in [2.45, 2.75) is 371 Å². The summed E-state index contributed by atoms with van der Waals surface area (Å²) in [7, 11) is -4.00. The van der Waals surface area contributed by atoms with Crippen LogP contribution in [0.4, 0.5) is 0 Å². The number of H-pyrrole nitrogens is 9. The second-order valence-corrected chi connectivity index (χ2v) is 54.3. The molecular formula is C112H171Cl2N25O5S3. The second kappa shape index (κ2) is 54.0. The Labute approximate surface area is 894 Å². The van der Waals surface area contributed by atoms with Crippen LogP contribution in [0.5, 0.6) is 0 Å². The lowest BCUT2D eigenvalue weighted by Gasteiger charge is -2.16. The van der Waals surface area contributed by atoms with E-state index in [4.69, 9.17) is 54.4 Å². The van der Waals surface area contributed by atoms with Crippen LogP contribution in [-0.2, 0) is 74.8 Å². The number of thioether (sulfide) groups is 1. The summed E-state index contributed by atoms with van der Waals surface area (Å²) in [6.07, 6.45) is 23.5. The van der Waals surface area contributed by atoms with Crippen LogP contribution in [0.3, 0.4) is 0 Å². The van der Waals surface area contributed by atoms with Crippen molar-refractivity contribution in [3.05, 3.63) is 235 Å². The zero-order valence-electron chi connectivity index (χ0n) is 96.7. The molecule has 3 aliphatic rings. The quantitative estimate of drug-likeness (QED) is 0.0729. The number of nitrogens with zero attached hydrogens (tertiary/aromatic N) is 15. The lowest BCUT2D eigenvalue weighted by molar-refractivity contribution is 0.0995. The normalized spacial score (nSPS) is 13.4. The Morgan fingerprint density at radius 2 is 0.864 bits per heavy atom. The van der Waals surface area contributed by atoms with E-state index in [9.17, 15) is 17.4 Å². The number of aryl methyl sites for hydroxylation is 4. The Morgan fingerprint density at radius 3 is 1.12 bits per heavy atom. The van der Waals surface area contributed by atoms with Crippen molar-refractivity contribution in [3.8, 4) is 24.3 Å². The van der Waals surface area contributed by atoms with E-state index < -0.39 is 26.5 Å². The van der Waals surface area contributed by atoms with Gasteiger partial charge in [0.25, 0.3) is 5.91 Å². The Balaban J connectivity index is 0.000000538. The maximum atomic E-state index is 11.1. The summed E-state index contributed by atoms with van der Waals surface area (Å²) >= 11 is 13.2. The summed E-state index contributed by atoms with van der Waals surface area (Å²) in [4.78, 5) is 85.1. The van der Waals surface area contributed by atoms with Gasteiger partial charge in [-0.3, -0.25) is 14.0 Å². The fourth-order valence-corrected chi connectivity index (χ4v) is 13.7. The number of hydrogen-bond donors (Lipinski definition) is 10. The third-order valence-electron chi connectivity index (χ3n) is 20.9. The lowest BCUT2D eigenvalue weighted by Crippen LogP contribution is -2.15. The molecule has 11 aromatic rings. The molecule has 1 unspecified atom stereocenters. The number of carbonyl (C=O) groups excluding carboxylic acids is 1. The molecule has 806 valence electrons. The Morgan fingerprint density at radius 1 is 0.442 bits per heavy atom. The van der Waals surface area contributed by atoms with Crippen LogP contribution in [-0.4, -0.2) is 137 Å². The van der Waals surface area contributed by atoms with Gasteiger partial charge >= 0.3 is 0 Å². The van der Waals surface area contributed by atoms with Crippen LogP contribution in [0.1, 0.15) is 403 Å². The fourth-order valence-electron chi connectivity index (χ4n) is 11.8. The first-order valence-corrected chi connectivity index (χ1v) is 54.3. The maximum Gasteiger partial charge on any atom is 0.266 e. The Bertz CT molecular complexity index is 6270. The van der Waals surface area contributed by atoms with Crippen molar-refractivity contribution in [3.63, 3.8) is 0 Å². The van der Waals surface area contributed by atoms with Crippen molar-refractivity contribution >= 4 is 87.7 Å². The molecule has 0 saturated carbocycles. The standard InChI is InChI=1S/C11H14N2.C9H13N3.C9H12N2.C9H15NO2S.C9H15NOS.C9H11NO.C9H15NS.C8H13ClN2.C8H13N3O.C8H11N3.2C8H14N2.C7H11ClN2/c1-11(2,3)10-12-8-6-4-5-7-9(8)13-10;1-6-7(5-10)12-8(11-6)9(2,3)4;1-9(2,3)8-4-7(5-10)6-11-8;1-9(2,3)7-5-6-8(10-7)13(4,11)12;1-9(2,3)7-5-6-8(10-7)12(4)11;1-9(2,3)8-5-4-7(6-10)11-8;1-9(2,3)7-5-6-8(10-7)11-4;1-5-6(9)11-7(10-5)8(2,3)4;1-8(2,3)7-10-4-5(11-7)6(9)12;1-8(2,3)7-10-5-6(4-9)11-7;2*1-6-5-9-7(10-6)8(2,3)4;1-7(2,3)6-9-4-5(8)10-6/h4-7H,1-3H3,(H,12,13);1-4H3,(H,11,12);4,6,11H,1-3H3;5H,6H2,1-4H3;5H,6H2,1-4H3;4-5H,1-3H3;5H,6H2,1-4H3;1-4H3,(H,10,11);4H,1-3H3,(H2,9,12)(H,10,11);5H,1-3H3,(H,10,11);2*5H,1-4H3,(H,9,10);4H,1-3H3,(H,9,10). The molecule has 1 amide bonds. The van der Waals surface area contributed by atoms with Gasteiger partial charge in [0.05, 0.1) is 56.7 Å². The van der Waals surface area contributed by atoms with Crippen molar-refractivity contribution in [2.24, 2.45) is 37.0 Å². The molecule has 14 rings (SSSR count). The van der Waals surface area contributed by atoms with Gasteiger partial charge in [-0.2, -0.15) is 21.0 Å². The number of halogens is 2. The first-order valence-electron chi connectivity index (χ1n) is 48.8. The fraction of sp³-hybridized carbons (Fsp3) is 0.554. The van der Waals surface area contributed by atoms with E-state index in [1.807, 2.05) is 178 Å². The number of amides is 1. The number of allylic oxidation sites excluding steroid dienone is 6. The number of primary amides is 1. The van der Waals surface area contributed by atoms with Gasteiger partial charge in [0, 0.05) is 161 Å². The highest BCUT2D eigenvalue weighted by Gasteiger charge is 2.30. The molecule has 147 heavy (non-hydrogen) atoms. The first kappa shape index (κ1) is 131. The predicted molar refractivity (Wildman–Crippen MR) is 610 cm³/mol. The van der Waals surface area contributed by atoms with E-state index in [1.54, 1.807) is 42.7 Å². The number of para-hydroxylation sites is 2. The number of aliphatic imine (C=N–C) groups is 3. The van der Waals surface area contributed by atoms with Crippen LogP contribution in [0, 0.1) is 89.3 Å². The minimum absolute atomic E-state index is 0.00486. The van der Waals surface area contributed by atoms with Gasteiger partial charge in [-0.15, -0.1) is 11.8 Å². The third-order valence-corrected chi connectivity index (χ3v) is 24.2. The summed E-state index contributed by atoms with van der Waals surface area (Å²) in [6.45, 7) is 89.6. The number of imidazole rings is 8. The van der Waals surface area contributed by atoms with Crippen molar-refractivity contribution < 1.29 is 21.8 Å². The SMILES string of the molecule is CC(C)(C)C1=CCC(S(C)(=O)=O)=N1.CC(C)(C)c1cc(C#N)c[nH]1.CC(C)(C)c1ccc(C#N)o1.CC(C)(C)c1nc2ccccc2[nH]1.CC(C)(C)c1ncc(C#N)[nH]1.CC(C)(C)c1ncc(C(N)=O)[nH]1.CC(C)(C)c1ncc(Cl)[nH]1.CS(=O)C1=NC(C(C)(C)C)=CC1.CSC1=NC(C(C)(C)C)=CC1.Cc1[nH]c(C(C)(C)C)nc1C#N.Cc1[nH]c(C(C)(C)C)nc1Cl.Cc1cnc(C(C)(C)C)[nH]1.Cc1cnc(C(C)(C)C)[nH]1. The summed E-state index contributed by atoms with van der Waals surface area (Å²) < 4.78 is 38.6. The van der Waals surface area contributed by atoms with Gasteiger partial charge in [-0.25, -0.2) is 58.3 Å². The summed E-state index contributed by atoms with van der Waals surface area (Å²) in [5, 5.41) is 37.7. The molecule has 10 aromatic heterocycles. The zero-order chi connectivity index (χ0) is 114. The minimum Gasteiger partial charge on any atom is -0.450 e. The van der Waals surface area contributed by atoms with Crippen LogP contribution in [0.15, 0.2) is 134 Å². The Kier molecular flexibility index (Phi) is 48.3. The largest absolute Gasteiger partial charge is 0.450 e. The van der Waals surface area contributed by atoms with Gasteiger partial charge in [0.1, 0.15) is 108 Å². The van der Waals surface area contributed by atoms with Gasteiger partial charge in [-0.1, -0.05) is 324 Å². The molecular weight excluding hydrogens is 1940 g/mol. The van der Waals surface area contributed by atoms with Crippen LogP contribution in [0.25, 0.3) is 11.0 Å². The average Bonchev–Trinajstić information content (AvgIpc) is 1.67. The number of hydrogen-bond acceptors (Lipinski definition) is 21. The highest BCUT2D eigenvalue weighted by Crippen LogP contribution is 2.36. The van der Waals surface area contributed by atoms with E-state index in [0.29, 0.717) is 45.1 Å². The summed E-state index contributed by atoms with van der Waals surface area (Å²) in [6, 6.07) is 21.6. The van der Waals surface area contributed by atoms with E-state index in [1.165, 1.54) is 23.2 Å². The molecule has 30 nitrogen and oxygen atoms in total. The van der Waals surface area contributed by atoms with Crippen molar-refractivity contribution in [1.82, 2.24) is 84.7 Å².